The van der Waals surface area contributed by atoms with Gasteiger partial charge in [-0.2, -0.15) is 5.26 Å². The lowest BCUT2D eigenvalue weighted by Gasteiger charge is -2.05. The third-order valence-corrected chi connectivity index (χ3v) is 3.23. The maximum absolute atomic E-state index is 8.93. The van der Waals surface area contributed by atoms with Gasteiger partial charge in [0.1, 0.15) is 5.75 Å². The van der Waals surface area contributed by atoms with Gasteiger partial charge in [-0.05, 0) is 25.1 Å². The molecule has 1 aromatic carbocycles. The number of benzene rings is 1. The largest absolute Gasteiger partial charge is 0.496 e. The predicted octanol–water partition coefficient (Wildman–Crippen LogP) is 2.52. The van der Waals surface area contributed by atoms with E-state index < -0.39 is 0 Å². The van der Waals surface area contributed by atoms with Crippen LogP contribution in [0.4, 0.5) is 5.13 Å². The lowest BCUT2D eigenvalue weighted by molar-refractivity contribution is 0.416. The Kier molecular flexibility index (Phi) is 3.75. The van der Waals surface area contributed by atoms with E-state index in [2.05, 4.69) is 21.6 Å². The quantitative estimate of drug-likeness (QED) is 0.914. The van der Waals surface area contributed by atoms with Crippen LogP contribution in [0.5, 0.6) is 5.75 Å². The molecule has 0 saturated carbocycles. The van der Waals surface area contributed by atoms with E-state index >= 15 is 0 Å². The van der Waals surface area contributed by atoms with Gasteiger partial charge in [-0.1, -0.05) is 11.3 Å². The molecule has 0 aliphatic heterocycles. The molecule has 0 aliphatic carbocycles. The number of nitrogens with one attached hydrogen (secondary N) is 1. The number of methoxy groups -OCH3 is 1. The lowest BCUT2D eigenvalue weighted by Crippen LogP contribution is -1.94. The maximum atomic E-state index is 8.93. The molecular formula is C12H12N4OS. The van der Waals surface area contributed by atoms with E-state index in [9.17, 15) is 0 Å². The van der Waals surface area contributed by atoms with Gasteiger partial charge in [-0.15, -0.1) is 10.2 Å². The van der Waals surface area contributed by atoms with Crippen molar-refractivity contribution in [3.8, 4) is 22.4 Å². The predicted molar refractivity (Wildman–Crippen MR) is 70.8 cm³/mol. The van der Waals surface area contributed by atoms with E-state index in [0.29, 0.717) is 11.3 Å². The van der Waals surface area contributed by atoms with Crippen LogP contribution in [-0.2, 0) is 0 Å². The highest BCUT2D eigenvalue weighted by Gasteiger charge is 2.12. The van der Waals surface area contributed by atoms with Gasteiger partial charge in [0.15, 0.2) is 5.01 Å². The molecule has 5 nitrogen and oxygen atoms in total. The summed E-state index contributed by atoms with van der Waals surface area (Å²) in [6, 6.07) is 7.35. The maximum Gasteiger partial charge on any atom is 0.205 e. The number of aromatic nitrogens is 2. The average molecular weight is 260 g/mol. The molecule has 6 heteroatoms. The fraction of sp³-hybridized carbons (Fsp3) is 0.250. The minimum Gasteiger partial charge on any atom is -0.496 e. The SMILES string of the molecule is CCNc1nnc(-c2cc(C#N)ccc2OC)s1. The van der Waals surface area contributed by atoms with E-state index in [4.69, 9.17) is 10.00 Å². The van der Waals surface area contributed by atoms with Crippen LogP contribution >= 0.6 is 11.3 Å². The fourth-order valence-electron chi connectivity index (χ4n) is 1.50. The van der Waals surface area contributed by atoms with Crippen molar-refractivity contribution in [3.63, 3.8) is 0 Å². The lowest BCUT2D eigenvalue weighted by atomic mass is 10.1. The molecule has 0 fully saturated rings. The summed E-state index contributed by atoms with van der Waals surface area (Å²) in [4.78, 5) is 0. The molecule has 0 spiro atoms. The Morgan fingerprint density at radius 3 is 2.94 bits per heavy atom. The smallest absolute Gasteiger partial charge is 0.205 e. The summed E-state index contributed by atoms with van der Waals surface area (Å²) in [5.41, 5.74) is 1.37. The normalized spacial score (nSPS) is 9.83. The van der Waals surface area contributed by atoms with Crippen LogP contribution in [0, 0.1) is 11.3 Å². The van der Waals surface area contributed by atoms with Crippen LogP contribution in [0.25, 0.3) is 10.6 Å². The van der Waals surface area contributed by atoms with E-state index in [0.717, 1.165) is 22.2 Å². The number of ether oxygens (including phenoxy) is 1. The van der Waals surface area contributed by atoms with Crippen molar-refractivity contribution in [1.82, 2.24) is 10.2 Å². The number of rotatable bonds is 4. The Labute approximate surface area is 109 Å². The zero-order valence-electron chi connectivity index (χ0n) is 10.1. The molecule has 0 unspecified atom stereocenters. The highest BCUT2D eigenvalue weighted by Crippen LogP contribution is 2.34. The average Bonchev–Trinajstić information content (AvgIpc) is 2.87. The van der Waals surface area contributed by atoms with E-state index in [1.807, 2.05) is 6.92 Å². The summed E-state index contributed by atoms with van der Waals surface area (Å²) in [5.74, 6) is 0.688. The number of nitriles is 1. The van der Waals surface area contributed by atoms with Crippen LogP contribution in [0.2, 0.25) is 0 Å². The highest BCUT2D eigenvalue weighted by atomic mass is 32.1. The molecule has 0 aliphatic rings. The second-order valence-corrected chi connectivity index (χ2v) is 4.45. The van der Waals surface area contributed by atoms with Gasteiger partial charge < -0.3 is 10.1 Å². The Bertz CT molecular complexity index is 588. The Morgan fingerprint density at radius 1 is 1.44 bits per heavy atom. The molecule has 2 aromatic rings. The van der Waals surface area contributed by atoms with Gasteiger partial charge in [-0.3, -0.25) is 0 Å². The summed E-state index contributed by atoms with van der Waals surface area (Å²) in [6.45, 7) is 2.79. The Hall–Kier alpha value is -2.13. The van der Waals surface area contributed by atoms with Crippen molar-refractivity contribution in [3.05, 3.63) is 23.8 Å². The molecule has 0 atom stereocenters. The minimum absolute atomic E-state index is 0.575. The summed E-state index contributed by atoms with van der Waals surface area (Å²) in [7, 11) is 1.59. The number of hydrogen-bond acceptors (Lipinski definition) is 6. The van der Waals surface area contributed by atoms with Crippen LogP contribution in [0.15, 0.2) is 18.2 Å². The standard InChI is InChI=1S/C12H12N4OS/c1-3-14-12-16-15-11(18-12)9-6-8(7-13)4-5-10(9)17-2/h4-6H,3H2,1-2H3,(H,14,16). The zero-order chi connectivity index (χ0) is 13.0. The van der Waals surface area contributed by atoms with Crippen LogP contribution in [0.1, 0.15) is 12.5 Å². The second-order valence-electron chi connectivity index (χ2n) is 3.47. The highest BCUT2D eigenvalue weighted by molar-refractivity contribution is 7.18. The van der Waals surface area contributed by atoms with E-state index in [-0.39, 0.29) is 0 Å². The zero-order valence-corrected chi connectivity index (χ0v) is 10.9. The van der Waals surface area contributed by atoms with Gasteiger partial charge in [0.2, 0.25) is 5.13 Å². The number of nitrogens with zero attached hydrogens (tertiary/aromatic N) is 3. The molecule has 0 amide bonds. The minimum atomic E-state index is 0.575. The van der Waals surface area contributed by atoms with Crippen molar-refractivity contribution < 1.29 is 4.74 Å². The monoisotopic (exact) mass is 260 g/mol. The Balaban J connectivity index is 2.44. The molecule has 2 rings (SSSR count). The third kappa shape index (κ3) is 2.41. The third-order valence-electron chi connectivity index (χ3n) is 2.31. The summed E-state index contributed by atoms with van der Waals surface area (Å²) < 4.78 is 5.28. The van der Waals surface area contributed by atoms with Crippen molar-refractivity contribution in [1.29, 1.82) is 5.26 Å². The molecule has 1 N–H and O–H groups in total. The summed E-state index contributed by atoms with van der Waals surface area (Å²) in [5, 5.41) is 21.7. The van der Waals surface area contributed by atoms with Crippen LogP contribution in [-0.4, -0.2) is 23.9 Å². The first-order chi connectivity index (χ1) is 8.78. The fourth-order valence-corrected chi connectivity index (χ4v) is 2.33. The molecule has 0 saturated heterocycles. The molecular weight excluding hydrogens is 248 g/mol. The van der Waals surface area contributed by atoms with Crippen molar-refractivity contribution in [2.45, 2.75) is 6.92 Å². The Morgan fingerprint density at radius 2 is 2.28 bits per heavy atom. The molecule has 18 heavy (non-hydrogen) atoms. The topological polar surface area (TPSA) is 70.8 Å². The molecule has 0 radical (unpaired) electrons. The number of anilines is 1. The summed E-state index contributed by atoms with van der Waals surface area (Å²) in [6.07, 6.45) is 0. The second kappa shape index (κ2) is 5.47. The van der Waals surface area contributed by atoms with E-state index in [1.54, 1.807) is 25.3 Å². The first-order valence-corrected chi connectivity index (χ1v) is 6.26. The van der Waals surface area contributed by atoms with Crippen molar-refractivity contribution in [2.75, 3.05) is 19.0 Å². The van der Waals surface area contributed by atoms with Crippen LogP contribution in [0.3, 0.4) is 0 Å². The summed E-state index contributed by atoms with van der Waals surface area (Å²) >= 11 is 1.44. The molecule has 1 heterocycles. The van der Waals surface area contributed by atoms with Gasteiger partial charge in [0, 0.05) is 6.54 Å². The van der Waals surface area contributed by atoms with Crippen LogP contribution < -0.4 is 10.1 Å². The van der Waals surface area contributed by atoms with Gasteiger partial charge in [-0.25, -0.2) is 0 Å². The first-order valence-electron chi connectivity index (χ1n) is 5.44. The van der Waals surface area contributed by atoms with Crippen molar-refractivity contribution in [2.24, 2.45) is 0 Å². The first kappa shape index (κ1) is 12.3. The van der Waals surface area contributed by atoms with Crippen molar-refractivity contribution >= 4 is 16.5 Å². The number of hydrogen-bond donors (Lipinski definition) is 1. The molecule has 92 valence electrons. The van der Waals surface area contributed by atoms with Gasteiger partial charge >= 0.3 is 0 Å². The molecule has 0 bridgehead atoms. The van der Waals surface area contributed by atoms with Gasteiger partial charge in [0.05, 0.1) is 24.3 Å². The molecule has 1 aromatic heterocycles. The van der Waals surface area contributed by atoms with E-state index in [1.165, 1.54) is 11.3 Å². The van der Waals surface area contributed by atoms with Gasteiger partial charge in [0.25, 0.3) is 0 Å².